The fourth-order valence-electron chi connectivity index (χ4n) is 4.16. The van der Waals surface area contributed by atoms with E-state index in [0.717, 1.165) is 38.0 Å². The van der Waals surface area contributed by atoms with Crippen LogP contribution in [-0.2, 0) is 20.9 Å². The molecule has 170 valence electrons. The number of likely N-dealkylation sites (tertiary alicyclic amines) is 1. The van der Waals surface area contributed by atoms with Crippen molar-refractivity contribution in [3.63, 3.8) is 0 Å². The maximum atomic E-state index is 13.1. The average molecular weight is 441 g/mol. The number of amides is 2. The van der Waals surface area contributed by atoms with Gasteiger partial charge in [0, 0.05) is 31.0 Å². The zero-order valence-electron chi connectivity index (χ0n) is 18.1. The number of hydrogen-bond donors (Lipinski definition) is 2. The molecule has 2 N–H and O–H groups in total. The highest BCUT2D eigenvalue weighted by molar-refractivity contribution is 5.96. The van der Waals surface area contributed by atoms with Gasteiger partial charge in [-0.25, -0.2) is 4.39 Å². The number of carbonyl (C=O) groups excluding carboxylic acids is 2. The molecular formula is C24H29FN4O3. The standard InChI is InChI=1S/C24H29FN4O3/c25-19-5-3-18(4-6-19)16-29-11-1-2-22(29)24(31)27-21-9-7-20(8-10-21)26-23(30)17-28-12-14-32-15-13-28/h3-10,22H,1-2,11-17H2,(H,26,30)(H,27,31)/t22-/m1/s1. The maximum Gasteiger partial charge on any atom is 0.241 e. The smallest absolute Gasteiger partial charge is 0.241 e. The minimum atomic E-state index is -0.259. The third kappa shape index (κ3) is 6.12. The van der Waals surface area contributed by atoms with Crippen LogP contribution in [0.5, 0.6) is 0 Å². The van der Waals surface area contributed by atoms with Crippen molar-refractivity contribution in [2.45, 2.75) is 25.4 Å². The lowest BCUT2D eigenvalue weighted by Gasteiger charge is -2.25. The van der Waals surface area contributed by atoms with Gasteiger partial charge in [0.2, 0.25) is 11.8 Å². The molecule has 2 saturated heterocycles. The monoisotopic (exact) mass is 440 g/mol. The highest BCUT2D eigenvalue weighted by Gasteiger charge is 2.30. The molecule has 2 aromatic carbocycles. The van der Waals surface area contributed by atoms with Crippen molar-refractivity contribution in [3.8, 4) is 0 Å². The van der Waals surface area contributed by atoms with E-state index < -0.39 is 0 Å². The summed E-state index contributed by atoms with van der Waals surface area (Å²) in [7, 11) is 0. The quantitative estimate of drug-likeness (QED) is 0.693. The zero-order valence-corrected chi connectivity index (χ0v) is 18.1. The zero-order chi connectivity index (χ0) is 22.3. The summed E-state index contributed by atoms with van der Waals surface area (Å²) in [6.07, 6.45) is 1.75. The van der Waals surface area contributed by atoms with Crippen LogP contribution in [0.4, 0.5) is 15.8 Å². The molecule has 2 heterocycles. The normalized spacial score (nSPS) is 19.6. The number of anilines is 2. The van der Waals surface area contributed by atoms with E-state index in [1.165, 1.54) is 12.1 Å². The maximum absolute atomic E-state index is 13.1. The van der Waals surface area contributed by atoms with E-state index in [0.29, 0.717) is 37.7 Å². The molecule has 2 amide bonds. The van der Waals surface area contributed by atoms with Gasteiger partial charge in [0.25, 0.3) is 0 Å². The van der Waals surface area contributed by atoms with Crippen LogP contribution in [0.15, 0.2) is 48.5 Å². The fourth-order valence-corrected chi connectivity index (χ4v) is 4.16. The molecule has 1 atom stereocenters. The Kier molecular flexibility index (Phi) is 7.47. The van der Waals surface area contributed by atoms with E-state index in [1.807, 2.05) is 0 Å². The van der Waals surface area contributed by atoms with Gasteiger partial charge < -0.3 is 15.4 Å². The van der Waals surface area contributed by atoms with Gasteiger partial charge in [-0.2, -0.15) is 0 Å². The first-order valence-electron chi connectivity index (χ1n) is 11.1. The number of carbonyl (C=O) groups is 2. The van der Waals surface area contributed by atoms with Crippen molar-refractivity contribution in [3.05, 3.63) is 59.9 Å². The highest BCUT2D eigenvalue weighted by atomic mass is 19.1. The molecule has 2 fully saturated rings. The van der Waals surface area contributed by atoms with E-state index in [2.05, 4.69) is 20.4 Å². The van der Waals surface area contributed by atoms with Gasteiger partial charge in [0.1, 0.15) is 5.82 Å². The summed E-state index contributed by atoms with van der Waals surface area (Å²) in [6, 6.07) is 13.4. The van der Waals surface area contributed by atoms with Crippen molar-refractivity contribution in [2.24, 2.45) is 0 Å². The van der Waals surface area contributed by atoms with Crippen molar-refractivity contribution in [2.75, 3.05) is 50.0 Å². The van der Waals surface area contributed by atoms with Gasteiger partial charge in [0.05, 0.1) is 25.8 Å². The lowest BCUT2D eigenvalue weighted by molar-refractivity contribution is -0.120. The number of nitrogens with one attached hydrogen (secondary N) is 2. The number of benzene rings is 2. The van der Waals surface area contributed by atoms with Gasteiger partial charge in [0.15, 0.2) is 0 Å². The van der Waals surface area contributed by atoms with Crippen LogP contribution in [0.25, 0.3) is 0 Å². The van der Waals surface area contributed by atoms with E-state index in [-0.39, 0.29) is 23.7 Å². The Labute approximate surface area is 187 Å². The highest BCUT2D eigenvalue weighted by Crippen LogP contribution is 2.22. The third-order valence-electron chi connectivity index (χ3n) is 5.87. The van der Waals surface area contributed by atoms with E-state index >= 15 is 0 Å². The Bertz CT molecular complexity index is 914. The minimum Gasteiger partial charge on any atom is -0.379 e. The Hall–Kier alpha value is -2.81. The number of rotatable bonds is 7. The summed E-state index contributed by atoms with van der Waals surface area (Å²) in [4.78, 5) is 29.3. The van der Waals surface area contributed by atoms with Crippen molar-refractivity contribution in [1.29, 1.82) is 0 Å². The first kappa shape index (κ1) is 22.4. The topological polar surface area (TPSA) is 73.9 Å². The van der Waals surface area contributed by atoms with Gasteiger partial charge in [-0.15, -0.1) is 0 Å². The molecular weight excluding hydrogens is 411 g/mol. The Morgan fingerprint density at radius 3 is 2.28 bits per heavy atom. The van der Waals surface area contributed by atoms with Crippen LogP contribution < -0.4 is 10.6 Å². The molecule has 2 aromatic rings. The van der Waals surface area contributed by atoms with E-state index in [4.69, 9.17) is 4.74 Å². The third-order valence-corrected chi connectivity index (χ3v) is 5.87. The summed E-state index contributed by atoms with van der Waals surface area (Å²) in [6.45, 7) is 4.63. The molecule has 0 aromatic heterocycles. The molecule has 2 aliphatic rings. The number of hydrogen-bond acceptors (Lipinski definition) is 5. The second kappa shape index (κ2) is 10.7. The molecule has 0 unspecified atom stereocenters. The molecule has 32 heavy (non-hydrogen) atoms. The number of ether oxygens (including phenoxy) is 1. The number of halogens is 1. The summed E-state index contributed by atoms with van der Waals surface area (Å²) >= 11 is 0. The molecule has 0 bridgehead atoms. The Morgan fingerprint density at radius 2 is 1.59 bits per heavy atom. The van der Waals surface area contributed by atoms with E-state index in [9.17, 15) is 14.0 Å². The number of nitrogens with zero attached hydrogens (tertiary/aromatic N) is 2. The predicted octanol–water partition coefficient (Wildman–Crippen LogP) is 2.70. The predicted molar refractivity (Wildman–Crippen MR) is 121 cm³/mol. The lowest BCUT2D eigenvalue weighted by atomic mass is 10.1. The average Bonchev–Trinajstić information content (AvgIpc) is 3.26. The molecule has 7 nitrogen and oxygen atoms in total. The molecule has 0 saturated carbocycles. The molecule has 0 aliphatic carbocycles. The van der Waals surface area contributed by atoms with Crippen LogP contribution in [-0.4, -0.2) is 67.0 Å². The molecule has 2 aliphatic heterocycles. The SMILES string of the molecule is O=C(CN1CCOCC1)Nc1ccc(NC(=O)[C@H]2CCCN2Cc2ccc(F)cc2)cc1. The summed E-state index contributed by atoms with van der Waals surface area (Å²) in [5.41, 5.74) is 2.37. The van der Waals surface area contributed by atoms with Gasteiger partial charge >= 0.3 is 0 Å². The van der Waals surface area contributed by atoms with Crippen LogP contribution in [0.2, 0.25) is 0 Å². The minimum absolute atomic E-state index is 0.0475. The molecule has 0 radical (unpaired) electrons. The van der Waals surface area contributed by atoms with Crippen LogP contribution in [0, 0.1) is 5.82 Å². The van der Waals surface area contributed by atoms with Crippen LogP contribution in [0.1, 0.15) is 18.4 Å². The molecule has 0 spiro atoms. The first-order chi connectivity index (χ1) is 15.6. The largest absolute Gasteiger partial charge is 0.379 e. The van der Waals surface area contributed by atoms with E-state index in [1.54, 1.807) is 36.4 Å². The van der Waals surface area contributed by atoms with Crippen LogP contribution >= 0.6 is 0 Å². The van der Waals surface area contributed by atoms with Crippen molar-refractivity contribution < 1.29 is 18.7 Å². The summed E-state index contributed by atoms with van der Waals surface area (Å²) in [5, 5.41) is 5.87. The van der Waals surface area contributed by atoms with Crippen LogP contribution in [0.3, 0.4) is 0 Å². The second-order valence-electron chi connectivity index (χ2n) is 8.26. The Morgan fingerprint density at radius 1 is 0.938 bits per heavy atom. The lowest BCUT2D eigenvalue weighted by Crippen LogP contribution is -2.41. The Balaban J connectivity index is 1.28. The van der Waals surface area contributed by atoms with Gasteiger partial charge in [-0.05, 0) is 61.3 Å². The molecule has 4 rings (SSSR count). The van der Waals surface area contributed by atoms with Crippen molar-refractivity contribution in [1.82, 2.24) is 9.80 Å². The second-order valence-corrected chi connectivity index (χ2v) is 8.26. The fraction of sp³-hybridized carbons (Fsp3) is 0.417. The molecule has 8 heteroatoms. The van der Waals surface area contributed by atoms with Gasteiger partial charge in [-0.3, -0.25) is 19.4 Å². The number of morpholine rings is 1. The first-order valence-corrected chi connectivity index (χ1v) is 11.1. The summed E-state index contributed by atoms with van der Waals surface area (Å²) < 4.78 is 18.4. The summed E-state index contributed by atoms with van der Waals surface area (Å²) in [5.74, 6) is -0.370. The van der Waals surface area contributed by atoms with Crippen molar-refractivity contribution >= 4 is 23.2 Å². The van der Waals surface area contributed by atoms with Gasteiger partial charge in [-0.1, -0.05) is 12.1 Å².